The van der Waals surface area contributed by atoms with E-state index in [1.54, 1.807) is 31.2 Å². The van der Waals surface area contributed by atoms with Crippen LogP contribution in [-0.2, 0) is 26.2 Å². The van der Waals surface area contributed by atoms with Gasteiger partial charge in [-0.3, -0.25) is 13.9 Å². The van der Waals surface area contributed by atoms with Gasteiger partial charge in [-0.25, -0.2) is 8.42 Å². The van der Waals surface area contributed by atoms with Crippen molar-refractivity contribution < 1.29 is 27.5 Å². The first-order valence-corrected chi connectivity index (χ1v) is 15.3. The van der Waals surface area contributed by atoms with Crippen LogP contribution in [0.15, 0.2) is 71.6 Å². The smallest absolute Gasteiger partial charge is 0.264 e. The summed E-state index contributed by atoms with van der Waals surface area (Å²) in [5.74, 6) is -0.212. The van der Waals surface area contributed by atoms with E-state index < -0.39 is 28.5 Å². The number of amides is 2. The molecular formula is C32H41N3O6S. The fourth-order valence-electron chi connectivity index (χ4n) is 4.36. The van der Waals surface area contributed by atoms with Crippen LogP contribution in [0.1, 0.15) is 43.9 Å². The molecule has 0 heterocycles. The van der Waals surface area contributed by atoms with Crippen LogP contribution in [0.25, 0.3) is 0 Å². The minimum absolute atomic E-state index is 0.0680. The number of anilines is 1. The molecule has 0 bridgehead atoms. The van der Waals surface area contributed by atoms with E-state index in [1.807, 2.05) is 52.0 Å². The maximum atomic E-state index is 14.1. The molecule has 42 heavy (non-hydrogen) atoms. The molecule has 0 spiro atoms. The van der Waals surface area contributed by atoms with Crippen molar-refractivity contribution in [2.24, 2.45) is 0 Å². The number of rotatable bonds is 13. The molecule has 2 amide bonds. The topological polar surface area (TPSA) is 105 Å². The van der Waals surface area contributed by atoms with Crippen LogP contribution >= 0.6 is 0 Å². The van der Waals surface area contributed by atoms with Crippen molar-refractivity contribution >= 4 is 27.5 Å². The van der Waals surface area contributed by atoms with Gasteiger partial charge in [0.25, 0.3) is 10.0 Å². The van der Waals surface area contributed by atoms with Crippen LogP contribution in [-0.4, -0.2) is 58.0 Å². The molecule has 0 aliphatic heterocycles. The number of aryl methyl sites for hydroxylation is 2. The molecule has 1 N–H and O–H groups in total. The van der Waals surface area contributed by atoms with Gasteiger partial charge >= 0.3 is 0 Å². The summed E-state index contributed by atoms with van der Waals surface area (Å²) in [5.41, 5.74) is 3.07. The van der Waals surface area contributed by atoms with Gasteiger partial charge in [0.1, 0.15) is 12.6 Å². The lowest BCUT2D eigenvalue weighted by Gasteiger charge is -2.33. The third-order valence-corrected chi connectivity index (χ3v) is 9.08. The summed E-state index contributed by atoms with van der Waals surface area (Å²) >= 11 is 0. The fourth-order valence-corrected chi connectivity index (χ4v) is 5.79. The van der Waals surface area contributed by atoms with Crippen molar-refractivity contribution in [3.05, 3.63) is 83.4 Å². The summed E-state index contributed by atoms with van der Waals surface area (Å²) in [4.78, 5) is 28.7. The Hall–Kier alpha value is -4.05. The van der Waals surface area contributed by atoms with Gasteiger partial charge in [0.05, 0.1) is 24.8 Å². The van der Waals surface area contributed by atoms with E-state index in [0.29, 0.717) is 11.4 Å². The number of sulfonamides is 1. The molecular weight excluding hydrogens is 554 g/mol. The summed E-state index contributed by atoms with van der Waals surface area (Å²) in [6, 6.07) is 17.8. The monoisotopic (exact) mass is 595 g/mol. The first-order valence-electron chi connectivity index (χ1n) is 13.9. The number of methoxy groups -OCH3 is 2. The highest BCUT2D eigenvalue weighted by atomic mass is 32.2. The van der Waals surface area contributed by atoms with Crippen molar-refractivity contribution in [3.63, 3.8) is 0 Å². The highest BCUT2D eigenvalue weighted by Crippen LogP contribution is 2.32. The molecule has 10 heteroatoms. The summed E-state index contributed by atoms with van der Waals surface area (Å²) in [6.07, 6.45) is 0.731. The van der Waals surface area contributed by atoms with E-state index in [4.69, 9.17) is 9.47 Å². The van der Waals surface area contributed by atoms with Gasteiger partial charge in [0, 0.05) is 18.7 Å². The molecule has 0 aliphatic rings. The van der Waals surface area contributed by atoms with Crippen molar-refractivity contribution in [2.45, 2.75) is 64.6 Å². The molecule has 0 saturated carbocycles. The van der Waals surface area contributed by atoms with Gasteiger partial charge in [0.15, 0.2) is 11.5 Å². The minimum atomic E-state index is -4.25. The Labute approximate surface area is 249 Å². The van der Waals surface area contributed by atoms with Crippen LogP contribution in [0.3, 0.4) is 0 Å². The van der Waals surface area contributed by atoms with Gasteiger partial charge in [-0.2, -0.15) is 0 Å². The van der Waals surface area contributed by atoms with Gasteiger partial charge < -0.3 is 19.7 Å². The van der Waals surface area contributed by atoms with E-state index in [9.17, 15) is 18.0 Å². The summed E-state index contributed by atoms with van der Waals surface area (Å²) in [5, 5.41) is 2.95. The number of hydrogen-bond donors (Lipinski definition) is 1. The third kappa shape index (κ3) is 7.61. The number of nitrogens with one attached hydrogen (secondary N) is 1. The quantitative estimate of drug-likeness (QED) is 0.303. The van der Waals surface area contributed by atoms with Crippen molar-refractivity contribution in [1.82, 2.24) is 10.2 Å². The van der Waals surface area contributed by atoms with Crippen LogP contribution in [0.2, 0.25) is 0 Å². The lowest BCUT2D eigenvalue weighted by atomic mass is 10.1. The predicted octanol–water partition coefficient (Wildman–Crippen LogP) is 4.85. The number of nitrogens with zero attached hydrogens (tertiary/aromatic N) is 2. The van der Waals surface area contributed by atoms with Crippen LogP contribution in [0, 0.1) is 13.8 Å². The van der Waals surface area contributed by atoms with Gasteiger partial charge in [0.2, 0.25) is 11.8 Å². The molecule has 3 rings (SSSR count). The van der Waals surface area contributed by atoms with E-state index in [0.717, 1.165) is 27.4 Å². The number of carbonyl (C=O) groups excluding carboxylic acids is 2. The zero-order valence-electron chi connectivity index (χ0n) is 25.4. The van der Waals surface area contributed by atoms with Crippen molar-refractivity contribution in [1.29, 1.82) is 0 Å². The highest BCUT2D eigenvalue weighted by Gasteiger charge is 2.33. The second-order valence-corrected chi connectivity index (χ2v) is 12.2. The second kappa shape index (κ2) is 14.2. The van der Waals surface area contributed by atoms with Gasteiger partial charge in [-0.05, 0) is 69.5 Å². The zero-order chi connectivity index (χ0) is 31.0. The highest BCUT2D eigenvalue weighted by molar-refractivity contribution is 7.92. The van der Waals surface area contributed by atoms with E-state index in [-0.39, 0.29) is 29.1 Å². The van der Waals surface area contributed by atoms with Crippen LogP contribution in [0.5, 0.6) is 11.5 Å². The molecule has 0 fully saturated rings. The zero-order valence-corrected chi connectivity index (χ0v) is 26.2. The van der Waals surface area contributed by atoms with Crippen molar-refractivity contribution in [3.8, 4) is 11.5 Å². The van der Waals surface area contributed by atoms with E-state index >= 15 is 0 Å². The normalized spacial score (nSPS) is 12.6. The summed E-state index contributed by atoms with van der Waals surface area (Å²) < 4.78 is 39.9. The molecule has 3 aromatic carbocycles. The Balaban J connectivity index is 2.07. The molecule has 0 radical (unpaired) electrons. The van der Waals surface area contributed by atoms with Crippen LogP contribution in [0.4, 0.5) is 5.69 Å². The summed E-state index contributed by atoms with van der Waals surface area (Å²) in [7, 11) is -1.37. The Morgan fingerprint density at radius 2 is 1.55 bits per heavy atom. The average molecular weight is 596 g/mol. The molecule has 0 aromatic heterocycles. The maximum absolute atomic E-state index is 14.1. The third-order valence-electron chi connectivity index (χ3n) is 7.31. The lowest BCUT2D eigenvalue weighted by Crippen LogP contribution is -2.52. The molecule has 0 unspecified atom stereocenters. The van der Waals surface area contributed by atoms with Crippen molar-refractivity contribution in [2.75, 3.05) is 25.1 Å². The first-order chi connectivity index (χ1) is 19.9. The Bertz CT molecular complexity index is 1490. The second-order valence-electron chi connectivity index (χ2n) is 10.3. The first kappa shape index (κ1) is 32.5. The molecule has 226 valence electrons. The molecule has 0 saturated heterocycles. The number of benzene rings is 3. The standard InChI is InChI=1S/C32H41N3O6S/c1-8-24(4)33-32(37)25(5)34(20-26-12-10-9-11-23(26)3)31(36)21-35(27-15-13-22(2)14-16-27)42(38,39)28-17-18-29(40-6)30(19-28)41-7/h9-19,24-25H,8,20-21H2,1-7H3,(H,33,37)/t24-,25+/m0/s1. The van der Waals surface area contributed by atoms with E-state index in [2.05, 4.69) is 5.32 Å². The Morgan fingerprint density at radius 3 is 2.14 bits per heavy atom. The largest absolute Gasteiger partial charge is 0.493 e. The van der Waals surface area contributed by atoms with E-state index in [1.165, 1.54) is 37.3 Å². The molecule has 3 aromatic rings. The number of hydrogen-bond acceptors (Lipinski definition) is 6. The average Bonchev–Trinajstić information content (AvgIpc) is 2.98. The fraction of sp³-hybridized carbons (Fsp3) is 0.375. The van der Waals surface area contributed by atoms with Gasteiger partial charge in [-0.15, -0.1) is 0 Å². The van der Waals surface area contributed by atoms with Gasteiger partial charge in [-0.1, -0.05) is 48.9 Å². The molecule has 9 nitrogen and oxygen atoms in total. The Kier molecular flexibility index (Phi) is 11.0. The minimum Gasteiger partial charge on any atom is -0.493 e. The summed E-state index contributed by atoms with van der Waals surface area (Å²) in [6.45, 7) is 8.96. The maximum Gasteiger partial charge on any atom is 0.264 e. The lowest BCUT2D eigenvalue weighted by molar-refractivity contribution is -0.139. The number of ether oxygens (including phenoxy) is 2. The predicted molar refractivity (Wildman–Crippen MR) is 164 cm³/mol. The molecule has 0 aliphatic carbocycles. The number of carbonyl (C=O) groups is 2. The molecule has 2 atom stereocenters. The SMILES string of the molecule is CC[C@H](C)NC(=O)[C@@H](C)N(Cc1ccccc1C)C(=O)CN(c1ccc(C)cc1)S(=O)(=O)c1ccc(OC)c(OC)c1. The van der Waals surface area contributed by atoms with Crippen LogP contribution < -0.4 is 19.1 Å². The Morgan fingerprint density at radius 1 is 0.905 bits per heavy atom.